The van der Waals surface area contributed by atoms with Crippen molar-refractivity contribution in [2.45, 2.75) is 39.0 Å². The van der Waals surface area contributed by atoms with E-state index in [1.165, 1.54) is 0 Å². The molecule has 0 radical (unpaired) electrons. The van der Waals surface area contributed by atoms with Gasteiger partial charge < -0.3 is 10.1 Å². The van der Waals surface area contributed by atoms with E-state index in [1.807, 2.05) is 20.8 Å². The van der Waals surface area contributed by atoms with Crippen molar-refractivity contribution in [2.24, 2.45) is 0 Å². The fourth-order valence-corrected chi connectivity index (χ4v) is 0.764. The summed E-state index contributed by atoms with van der Waals surface area (Å²) >= 11 is 0. The Hall–Kier alpha value is -0.640. The lowest BCUT2D eigenvalue weighted by Gasteiger charge is -2.14. The highest BCUT2D eigenvalue weighted by Gasteiger charge is 2.10. The number of ether oxygens (including phenoxy) is 1. The van der Waals surface area contributed by atoms with Gasteiger partial charge in [-0.15, -0.1) is 0 Å². The molecule has 1 heterocycles. The molecule has 1 saturated heterocycles. The summed E-state index contributed by atoms with van der Waals surface area (Å²) in [6.45, 7) is 7.35. The first-order valence-corrected chi connectivity index (χ1v) is 4.42. The van der Waals surface area contributed by atoms with E-state index in [4.69, 9.17) is 0 Å². The average Bonchev–Trinajstić information content (AvgIpc) is 2.38. The first kappa shape index (κ1) is 12.4. The molecule has 13 heavy (non-hydrogen) atoms. The number of rotatable bonds is 1. The molecule has 0 aromatic carbocycles. The predicted octanol–water partition coefficient (Wildman–Crippen LogP) is 1.28. The van der Waals surface area contributed by atoms with E-state index < -0.39 is 6.17 Å². The maximum atomic E-state index is 11.9. The van der Waals surface area contributed by atoms with Crippen molar-refractivity contribution in [3.63, 3.8) is 0 Å². The molecular weight excluding hydrogens is 173 g/mol. The zero-order valence-electron chi connectivity index (χ0n) is 8.47. The van der Waals surface area contributed by atoms with Crippen LogP contribution in [0.3, 0.4) is 0 Å². The lowest BCUT2D eigenvalue weighted by Crippen LogP contribution is -2.17. The average molecular weight is 191 g/mol. The van der Waals surface area contributed by atoms with E-state index in [9.17, 15) is 9.18 Å². The molecule has 1 rings (SSSR count). The third-order valence-electron chi connectivity index (χ3n) is 1.40. The quantitative estimate of drug-likeness (QED) is 0.634. The summed E-state index contributed by atoms with van der Waals surface area (Å²) in [6, 6.07) is 0. The fourth-order valence-electron chi connectivity index (χ4n) is 0.764. The highest BCUT2D eigenvalue weighted by Crippen LogP contribution is 2.02. The number of nitrogens with one attached hydrogen (secondary N) is 1. The molecule has 1 aliphatic rings. The lowest BCUT2D eigenvalue weighted by atomic mass is 10.2. The van der Waals surface area contributed by atoms with Gasteiger partial charge in [-0.05, 0) is 33.7 Å². The highest BCUT2D eigenvalue weighted by atomic mass is 19.1. The van der Waals surface area contributed by atoms with Gasteiger partial charge in [0.2, 0.25) is 0 Å². The molecule has 78 valence electrons. The van der Waals surface area contributed by atoms with Crippen LogP contribution in [0, 0.1) is 0 Å². The molecule has 0 spiro atoms. The molecule has 1 N–H and O–H groups in total. The number of halogens is 1. The van der Waals surface area contributed by atoms with Crippen LogP contribution in [0.15, 0.2) is 0 Å². The topological polar surface area (TPSA) is 38.3 Å². The molecule has 3 nitrogen and oxygen atoms in total. The maximum absolute atomic E-state index is 11.9. The van der Waals surface area contributed by atoms with Crippen LogP contribution < -0.4 is 5.32 Å². The molecule has 1 fully saturated rings. The Balaban J connectivity index is 0.000000223. The van der Waals surface area contributed by atoms with Crippen LogP contribution >= 0.6 is 0 Å². The predicted molar refractivity (Wildman–Crippen MR) is 49.3 cm³/mol. The van der Waals surface area contributed by atoms with Gasteiger partial charge in [-0.3, -0.25) is 4.79 Å². The molecule has 4 heteroatoms. The number of carbonyl (C=O) groups is 1. The van der Waals surface area contributed by atoms with Gasteiger partial charge in [0.1, 0.15) is 11.8 Å². The summed E-state index contributed by atoms with van der Waals surface area (Å²) in [5, 5.41) is 2.90. The third kappa shape index (κ3) is 9.27. The van der Waals surface area contributed by atoms with E-state index in [0.717, 1.165) is 6.54 Å². The Morgan fingerprint density at radius 1 is 1.54 bits per heavy atom. The second-order valence-electron chi connectivity index (χ2n) is 3.92. The van der Waals surface area contributed by atoms with Gasteiger partial charge in [-0.25, -0.2) is 4.39 Å². The molecule has 0 aliphatic carbocycles. The van der Waals surface area contributed by atoms with Crippen molar-refractivity contribution in [2.75, 3.05) is 13.1 Å². The number of carbonyl (C=O) groups excluding carboxylic acids is 1. The second-order valence-corrected chi connectivity index (χ2v) is 3.92. The molecule has 0 bridgehead atoms. The van der Waals surface area contributed by atoms with Crippen molar-refractivity contribution in [1.29, 1.82) is 0 Å². The van der Waals surface area contributed by atoms with Gasteiger partial charge in [-0.2, -0.15) is 0 Å². The first-order chi connectivity index (χ1) is 5.95. The van der Waals surface area contributed by atoms with E-state index in [0.29, 0.717) is 19.4 Å². The maximum Gasteiger partial charge on any atom is 0.293 e. The molecular formula is C9H18FNO2. The molecule has 0 aromatic rings. The van der Waals surface area contributed by atoms with E-state index in [2.05, 4.69) is 10.1 Å². The van der Waals surface area contributed by atoms with Crippen LogP contribution in [0.2, 0.25) is 0 Å². The molecule has 1 atom stereocenters. The second kappa shape index (κ2) is 5.91. The molecule has 0 saturated carbocycles. The van der Waals surface area contributed by atoms with Gasteiger partial charge in [0.25, 0.3) is 6.47 Å². The van der Waals surface area contributed by atoms with Crippen molar-refractivity contribution in [1.82, 2.24) is 5.32 Å². The largest absolute Gasteiger partial charge is 0.462 e. The summed E-state index contributed by atoms with van der Waals surface area (Å²) in [7, 11) is 0. The smallest absolute Gasteiger partial charge is 0.293 e. The minimum Gasteiger partial charge on any atom is -0.462 e. The lowest BCUT2D eigenvalue weighted by molar-refractivity contribution is -0.138. The van der Waals surface area contributed by atoms with Gasteiger partial charge in [0.05, 0.1) is 0 Å². The molecule has 1 unspecified atom stereocenters. The van der Waals surface area contributed by atoms with Gasteiger partial charge >= 0.3 is 0 Å². The summed E-state index contributed by atoms with van der Waals surface area (Å²) in [5.74, 6) is 0. The normalized spacial score (nSPS) is 21.7. The van der Waals surface area contributed by atoms with Crippen molar-refractivity contribution < 1.29 is 13.9 Å². The summed E-state index contributed by atoms with van der Waals surface area (Å²) in [4.78, 5) is 9.60. The fraction of sp³-hybridized carbons (Fsp3) is 0.889. The Labute approximate surface area is 78.6 Å². The number of hydrogen-bond acceptors (Lipinski definition) is 3. The minimum atomic E-state index is -0.565. The van der Waals surface area contributed by atoms with E-state index in [-0.39, 0.29) is 5.60 Å². The van der Waals surface area contributed by atoms with Crippen molar-refractivity contribution in [3.05, 3.63) is 0 Å². The Kier molecular flexibility index (Phi) is 5.62. The van der Waals surface area contributed by atoms with Gasteiger partial charge in [0, 0.05) is 6.54 Å². The summed E-state index contributed by atoms with van der Waals surface area (Å²) < 4.78 is 16.4. The zero-order chi connectivity index (χ0) is 10.3. The van der Waals surface area contributed by atoms with Crippen molar-refractivity contribution >= 4 is 6.47 Å². The van der Waals surface area contributed by atoms with Crippen LogP contribution in [0.25, 0.3) is 0 Å². The SMILES string of the molecule is CC(C)(C)OC=O.FC1CCNC1. The third-order valence-corrected chi connectivity index (χ3v) is 1.40. The highest BCUT2D eigenvalue weighted by molar-refractivity contribution is 5.37. The molecule has 0 aromatic heterocycles. The van der Waals surface area contributed by atoms with E-state index >= 15 is 0 Å². The number of alkyl halides is 1. The Bertz CT molecular complexity index is 139. The van der Waals surface area contributed by atoms with E-state index in [1.54, 1.807) is 0 Å². The van der Waals surface area contributed by atoms with Crippen LogP contribution in [0.1, 0.15) is 27.2 Å². The summed E-state index contributed by atoms with van der Waals surface area (Å²) in [5.41, 5.74) is -0.318. The molecule has 0 amide bonds. The van der Waals surface area contributed by atoms with Crippen LogP contribution in [0.4, 0.5) is 4.39 Å². The van der Waals surface area contributed by atoms with Gasteiger partial charge in [0.15, 0.2) is 0 Å². The van der Waals surface area contributed by atoms with Crippen molar-refractivity contribution in [3.8, 4) is 0 Å². The Morgan fingerprint density at radius 3 is 2.23 bits per heavy atom. The number of hydrogen-bond donors (Lipinski definition) is 1. The van der Waals surface area contributed by atoms with Crippen LogP contribution in [-0.2, 0) is 9.53 Å². The Morgan fingerprint density at radius 2 is 2.15 bits per heavy atom. The van der Waals surface area contributed by atoms with Gasteiger partial charge in [-0.1, -0.05) is 0 Å². The minimum absolute atomic E-state index is 0.318. The summed E-state index contributed by atoms with van der Waals surface area (Å²) in [6.07, 6.45) is 0.144. The first-order valence-electron chi connectivity index (χ1n) is 4.42. The zero-order valence-corrected chi connectivity index (χ0v) is 8.47. The molecule has 1 aliphatic heterocycles. The monoisotopic (exact) mass is 191 g/mol. The van der Waals surface area contributed by atoms with Crippen LogP contribution in [-0.4, -0.2) is 31.3 Å². The standard InChI is InChI=1S/C5H10O2.C4H8FN/c1-5(2,3)7-4-6;5-4-1-2-6-3-4/h4H,1-3H3;4,6H,1-3H2. The van der Waals surface area contributed by atoms with Crippen LogP contribution in [0.5, 0.6) is 0 Å².